The van der Waals surface area contributed by atoms with Gasteiger partial charge in [-0.05, 0) is 69.0 Å². The molecular weight excluding hydrogens is 360 g/mol. The van der Waals surface area contributed by atoms with Crippen molar-refractivity contribution in [1.29, 1.82) is 0 Å². The number of aryl methyl sites for hydroxylation is 1. The first-order chi connectivity index (χ1) is 14.2. The third-order valence-electron chi connectivity index (χ3n) is 7.55. The number of benzene rings is 1. The molecule has 1 aromatic carbocycles. The monoisotopic (exact) mass is 398 g/mol. The lowest BCUT2D eigenvalue weighted by Crippen LogP contribution is -2.49. The number of hydrogen-bond acceptors (Lipinski definition) is 3. The Bertz CT molecular complexity index is 675. The van der Waals surface area contributed by atoms with Crippen LogP contribution < -0.4 is 4.74 Å². The van der Waals surface area contributed by atoms with Gasteiger partial charge >= 0.3 is 0 Å². The Balaban J connectivity index is 1.38. The lowest BCUT2D eigenvalue weighted by Gasteiger charge is -2.44. The number of para-hydroxylation sites is 1. The van der Waals surface area contributed by atoms with Crippen molar-refractivity contribution in [2.24, 2.45) is 11.3 Å². The van der Waals surface area contributed by atoms with Crippen LogP contribution in [0.2, 0.25) is 0 Å². The molecule has 2 fully saturated rings. The average Bonchev–Trinajstić information content (AvgIpc) is 3.26. The summed E-state index contributed by atoms with van der Waals surface area (Å²) >= 11 is 0. The fourth-order valence-electron chi connectivity index (χ4n) is 5.75. The molecule has 0 atom stereocenters. The molecule has 3 aliphatic rings. The van der Waals surface area contributed by atoms with Crippen molar-refractivity contribution in [3.05, 3.63) is 29.8 Å². The Morgan fingerprint density at radius 3 is 2.55 bits per heavy atom. The predicted octanol–water partition coefficient (Wildman–Crippen LogP) is 4.52. The fraction of sp³-hybridized carbons (Fsp3) is 0.720. The van der Waals surface area contributed by atoms with Gasteiger partial charge in [-0.3, -0.25) is 4.79 Å². The van der Waals surface area contributed by atoms with E-state index in [0.29, 0.717) is 17.2 Å². The van der Waals surface area contributed by atoms with E-state index < -0.39 is 0 Å². The van der Waals surface area contributed by atoms with E-state index >= 15 is 0 Å². The molecule has 4 nitrogen and oxygen atoms in total. The Hall–Kier alpha value is -1.55. The van der Waals surface area contributed by atoms with E-state index in [1.54, 1.807) is 0 Å². The van der Waals surface area contributed by atoms with Crippen LogP contribution in [-0.2, 0) is 11.2 Å². The normalized spacial score (nSPS) is 24.4. The number of carbonyl (C=O) groups is 1. The molecule has 1 aliphatic carbocycles. The topological polar surface area (TPSA) is 32.8 Å². The van der Waals surface area contributed by atoms with Gasteiger partial charge in [-0.25, -0.2) is 0 Å². The molecular formula is C25H38N2O2. The summed E-state index contributed by atoms with van der Waals surface area (Å²) in [7, 11) is 2.23. The maximum absolute atomic E-state index is 12.9. The van der Waals surface area contributed by atoms with Gasteiger partial charge in [0.05, 0.1) is 0 Å². The zero-order chi connectivity index (χ0) is 20.1. The minimum Gasteiger partial charge on any atom is -0.492 e. The minimum atomic E-state index is 0.320. The van der Waals surface area contributed by atoms with Gasteiger partial charge in [-0.2, -0.15) is 0 Å². The van der Waals surface area contributed by atoms with Crippen molar-refractivity contribution >= 4 is 5.91 Å². The summed E-state index contributed by atoms with van der Waals surface area (Å²) in [5.41, 5.74) is 1.71. The second kappa shape index (κ2) is 9.51. The van der Waals surface area contributed by atoms with E-state index in [2.05, 4.69) is 41.1 Å². The van der Waals surface area contributed by atoms with Crippen LogP contribution in [-0.4, -0.2) is 55.5 Å². The van der Waals surface area contributed by atoms with Gasteiger partial charge in [0.1, 0.15) is 12.4 Å². The molecule has 160 valence electrons. The van der Waals surface area contributed by atoms with E-state index in [9.17, 15) is 4.79 Å². The van der Waals surface area contributed by atoms with Crippen LogP contribution in [0.3, 0.4) is 0 Å². The average molecular weight is 399 g/mol. The molecule has 2 heterocycles. The van der Waals surface area contributed by atoms with Crippen molar-refractivity contribution in [3.8, 4) is 5.75 Å². The molecule has 1 saturated heterocycles. The number of nitrogens with zero attached hydrogens (tertiary/aromatic N) is 2. The largest absolute Gasteiger partial charge is 0.492 e. The zero-order valence-corrected chi connectivity index (χ0v) is 18.2. The number of rotatable bonds is 1. The lowest BCUT2D eigenvalue weighted by atomic mass is 9.73. The molecule has 4 heteroatoms. The summed E-state index contributed by atoms with van der Waals surface area (Å²) in [6.45, 7) is 4.76. The molecule has 0 aromatic heterocycles. The molecule has 4 rings (SSSR count). The first kappa shape index (κ1) is 20.7. The van der Waals surface area contributed by atoms with E-state index in [4.69, 9.17) is 4.74 Å². The Kier molecular flexibility index (Phi) is 6.79. The molecule has 1 amide bonds. The predicted molar refractivity (Wildman–Crippen MR) is 117 cm³/mol. The second-order valence-corrected chi connectivity index (χ2v) is 9.71. The molecule has 1 spiro atoms. The highest BCUT2D eigenvalue weighted by Gasteiger charge is 2.38. The molecule has 0 bridgehead atoms. The summed E-state index contributed by atoms with van der Waals surface area (Å²) in [6, 6.07) is 8.52. The number of carbonyl (C=O) groups excluding carboxylic acids is 1. The minimum absolute atomic E-state index is 0.320. The number of fused-ring (bicyclic) bond motifs is 1. The Morgan fingerprint density at radius 1 is 1.00 bits per heavy atom. The number of likely N-dealkylation sites (N-methyl/N-ethyl adjacent to an activating group) is 1. The number of likely N-dealkylation sites (tertiary alicyclic amines) is 1. The van der Waals surface area contributed by atoms with E-state index in [-0.39, 0.29) is 0 Å². The SMILES string of the molecule is CN1CCOc2ccccc2CCCCC2(CCN(C(=O)C3CCCC3)CC2)C1. The highest BCUT2D eigenvalue weighted by Crippen LogP contribution is 2.39. The van der Waals surface area contributed by atoms with Crippen LogP contribution in [0.4, 0.5) is 0 Å². The summed E-state index contributed by atoms with van der Waals surface area (Å²) in [4.78, 5) is 17.5. The molecule has 2 aliphatic heterocycles. The van der Waals surface area contributed by atoms with E-state index in [0.717, 1.165) is 70.6 Å². The summed E-state index contributed by atoms with van der Waals surface area (Å²) in [5.74, 6) is 1.83. The van der Waals surface area contributed by atoms with Crippen LogP contribution >= 0.6 is 0 Å². The molecule has 0 unspecified atom stereocenters. The molecule has 29 heavy (non-hydrogen) atoms. The van der Waals surface area contributed by atoms with Crippen LogP contribution in [0.15, 0.2) is 24.3 Å². The smallest absolute Gasteiger partial charge is 0.225 e. The van der Waals surface area contributed by atoms with Crippen LogP contribution in [0.25, 0.3) is 0 Å². The van der Waals surface area contributed by atoms with Crippen molar-refractivity contribution in [1.82, 2.24) is 9.80 Å². The first-order valence-electron chi connectivity index (χ1n) is 11.8. The van der Waals surface area contributed by atoms with Crippen LogP contribution in [0.1, 0.15) is 63.4 Å². The lowest BCUT2D eigenvalue weighted by molar-refractivity contribution is -0.138. The maximum atomic E-state index is 12.9. The summed E-state index contributed by atoms with van der Waals surface area (Å²) in [6.07, 6.45) is 11.9. The van der Waals surface area contributed by atoms with Crippen LogP contribution in [0, 0.1) is 11.3 Å². The zero-order valence-electron chi connectivity index (χ0n) is 18.2. The van der Waals surface area contributed by atoms with E-state index in [1.165, 1.54) is 37.7 Å². The van der Waals surface area contributed by atoms with Gasteiger partial charge in [0.15, 0.2) is 0 Å². The van der Waals surface area contributed by atoms with Gasteiger partial charge in [-0.15, -0.1) is 0 Å². The molecule has 0 N–H and O–H groups in total. The third-order valence-corrected chi connectivity index (χ3v) is 7.55. The second-order valence-electron chi connectivity index (χ2n) is 9.71. The van der Waals surface area contributed by atoms with E-state index in [1.807, 2.05) is 0 Å². The maximum Gasteiger partial charge on any atom is 0.225 e. The third kappa shape index (κ3) is 5.14. The van der Waals surface area contributed by atoms with Gasteiger partial charge < -0.3 is 14.5 Å². The Morgan fingerprint density at radius 2 is 1.76 bits per heavy atom. The van der Waals surface area contributed by atoms with Crippen molar-refractivity contribution in [3.63, 3.8) is 0 Å². The number of amides is 1. The highest BCUT2D eigenvalue weighted by molar-refractivity contribution is 5.79. The Labute approximate surface area is 176 Å². The van der Waals surface area contributed by atoms with Gasteiger partial charge in [0, 0.05) is 32.1 Å². The van der Waals surface area contributed by atoms with Crippen LogP contribution in [0.5, 0.6) is 5.75 Å². The quantitative estimate of drug-likeness (QED) is 0.697. The standard InChI is InChI=1S/C25H38N2O2/c1-26-18-19-29-23-12-5-4-8-21(23)9-6-7-13-25(20-26)14-16-27(17-15-25)24(28)22-10-2-3-11-22/h4-5,8,12,22H,2-3,6-7,9-11,13-20H2,1H3. The number of hydrogen-bond donors (Lipinski definition) is 0. The summed E-state index contributed by atoms with van der Waals surface area (Å²) < 4.78 is 6.12. The van der Waals surface area contributed by atoms with Gasteiger partial charge in [0.25, 0.3) is 0 Å². The van der Waals surface area contributed by atoms with Crippen molar-refractivity contribution < 1.29 is 9.53 Å². The number of ether oxygens (including phenoxy) is 1. The first-order valence-corrected chi connectivity index (χ1v) is 11.8. The van der Waals surface area contributed by atoms with Gasteiger partial charge in [0.2, 0.25) is 5.91 Å². The molecule has 0 radical (unpaired) electrons. The summed E-state index contributed by atoms with van der Waals surface area (Å²) in [5, 5.41) is 0. The molecule has 1 saturated carbocycles. The highest BCUT2D eigenvalue weighted by atomic mass is 16.5. The molecule has 1 aromatic rings. The van der Waals surface area contributed by atoms with Crippen molar-refractivity contribution in [2.45, 2.75) is 64.2 Å². The number of piperidine rings is 1. The van der Waals surface area contributed by atoms with Crippen molar-refractivity contribution in [2.75, 3.05) is 39.8 Å². The van der Waals surface area contributed by atoms with Gasteiger partial charge in [-0.1, -0.05) is 37.5 Å². The fourth-order valence-corrected chi connectivity index (χ4v) is 5.75.